The molecule has 0 unspecified atom stereocenters. The van der Waals surface area contributed by atoms with Gasteiger partial charge in [-0.15, -0.1) is 0 Å². The molecule has 0 spiro atoms. The van der Waals surface area contributed by atoms with Gasteiger partial charge in [0.15, 0.2) is 0 Å². The Morgan fingerprint density at radius 3 is 2.10 bits per heavy atom. The van der Waals surface area contributed by atoms with E-state index in [1.165, 1.54) is 38.4 Å². The average Bonchev–Trinajstić information content (AvgIpc) is 2.48. The lowest BCUT2D eigenvalue weighted by Crippen LogP contribution is -2.52. The fourth-order valence-corrected chi connectivity index (χ4v) is 1.95. The number of hydrogen-bond acceptors (Lipinski definition) is 4. The van der Waals surface area contributed by atoms with Gasteiger partial charge in [0.25, 0.3) is 11.8 Å². The Morgan fingerprint density at radius 2 is 1.57 bits per heavy atom. The van der Waals surface area contributed by atoms with E-state index >= 15 is 0 Å². The molecular formula is C14H12N2O5. The van der Waals surface area contributed by atoms with Crippen LogP contribution in [0.5, 0.6) is 0 Å². The summed E-state index contributed by atoms with van der Waals surface area (Å²) in [7, 11) is 2.51. The molecule has 0 atom stereocenters. The van der Waals surface area contributed by atoms with Gasteiger partial charge in [0.05, 0.1) is 5.56 Å². The molecule has 7 nitrogen and oxygen atoms in total. The van der Waals surface area contributed by atoms with E-state index in [0.29, 0.717) is 0 Å². The minimum absolute atomic E-state index is 0.0344. The zero-order valence-corrected chi connectivity index (χ0v) is 11.4. The van der Waals surface area contributed by atoms with Gasteiger partial charge in [-0.1, -0.05) is 18.2 Å². The molecule has 1 aliphatic rings. The van der Waals surface area contributed by atoms with Gasteiger partial charge in [0, 0.05) is 14.1 Å². The zero-order chi connectivity index (χ0) is 15.7. The van der Waals surface area contributed by atoms with Gasteiger partial charge in [-0.2, -0.15) is 0 Å². The molecule has 21 heavy (non-hydrogen) atoms. The number of benzene rings is 1. The molecule has 0 radical (unpaired) electrons. The van der Waals surface area contributed by atoms with Gasteiger partial charge in [-0.3, -0.25) is 19.4 Å². The Bertz CT molecular complexity index is 666. The van der Waals surface area contributed by atoms with Crippen LogP contribution in [0, 0.1) is 0 Å². The Kier molecular flexibility index (Phi) is 3.58. The summed E-state index contributed by atoms with van der Waals surface area (Å²) in [6.07, 6.45) is 1.19. The monoisotopic (exact) mass is 288 g/mol. The molecule has 4 amide bonds. The molecule has 0 aromatic heterocycles. The van der Waals surface area contributed by atoms with Gasteiger partial charge in [0.1, 0.15) is 5.57 Å². The number of nitrogens with zero attached hydrogens (tertiary/aromatic N) is 2. The highest BCUT2D eigenvalue weighted by Crippen LogP contribution is 2.19. The molecule has 7 heteroatoms. The minimum atomic E-state index is -1.17. The SMILES string of the molecule is CN1C(=O)C(=Cc2ccccc2C(=O)O)C(=O)N(C)C1=O. The molecular weight excluding hydrogens is 276 g/mol. The molecule has 0 aliphatic carbocycles. The lowest BCUT2D eigenvalue weighted by molar-refractivity contribution is -0.134. The Hall–Kier alpha value is -2.96. The van der Waals surface area contributed by atoms with Crippen molar-refractivity contribution >= 4 is 29.9 Å². The summed E-state index contributed by atoms with van der Waals surface area (Å²) in [4.78, 5) is 48.4. The number of carbonyl (C=O) groups excluding carboxylic acids is 3. The number of likely N-dealkylation sites (N-methyl/N-ethyl adjacent to an activating group) is 2. The van der Waals surface area contributed by atoms with Crippen molar-refractivity contribution in [1.82, 2.24) is 9.80 Å². The van der Waals surface area contributed by atoms with Crippen LogP contribution in [0.15, 0.2) is 29.8 Å². The van der Waals surface area contributed by atoms with Crippen LogP contribution in [-0.2, 0) is 9.59 Å². The van der Waals surface area contributed by atoms with E-state index in [1.807, 2.05) is 0 Å². The van der Waals surface area contributed by atoms with Crippen molar-refractivity contribution in [2.24, 2.45) is 0 Å². The molecule has 1 heterocycles. The summed E-state index contributed by atoms with van der Waals surface area (Å²) in [5.41, 5.74) is -0.0704. The summed E-state index contributed by atoms with van der Waals surface area (Å²) >= 11 is 0. The first kappa shape index (κ1) is 14.4. The smallest absolute Gasteiger partial charge is 0.336 e. The summed E-state index contributed by atoms with van der Waals surface area (Å²) in [5.74, 6) is -2.69. The van der Waals surface area contributed by atoms with Gasteiger partial charge >= 0.3 is 12.0 Å². The first-order valence-corrected chi connectivity index (χ1v) is 5.98. The third kappa shape index (κ3) is 2.40. The lowest BCUT2D eigenvalue weighted by Gasteiger charge is -2.28. The quantitative estimate of drug-likeness (QED) is 0.642. The summed E-state index contributed by atoms with van der Waals surface area (Å²) in [6, 6.07) is 5.25. The van der Waals surface area contributed by atoms with E-state index < -0.39 is 23.8 Å². The van der Waals surface area contributed by atoms with E-state index in [2.05, 4.69) is 0 Å². The summed E-state index contributed by atoms with van der Waals surface area (Å²) in [6.45, 7) is 0. The van der Waals surface area contributed by atoms with Crippen LogP contribution in [-0.4, -0.2) is 52.8 Å². The van der Waals surface area contributed by atoms with Crippen molar-refractivity contribution in [2.45, 2.75) is 0 Å². The third-order valence-corrected chi connectivity index (χ3v) is 3.13. The number of urea groups is 1. The van der Waals surface area contributed by atoms with E-state index in [9.17, 15) is 19.2 Å². The summed E-state index contributed by atoms with van der Waals surface area (Å²) < 4.78 is 0. The standard InChI is InChI=1S/C14H12N2O5/c1-15-11(17)10(12(18)16(2)14(15)21)7-8-5-3-4-6-9(8)13(19)20/h3-7H,1-2H3,(H,19,20). The molecule has 1 aliphatic heterocycles. The highest BCUT2D eigenvalue weighted by atomic mass is 16.4. The molecule has 1 aromatic rings. The van der Waals surface area contributed by atoms with Gasteiger partial charge in [-0.05, 0) is 17.7 Å². The van der Waals surface area contributed by atoms with Gasteiger partial charge in [0.2, 0.25) is 0 Å². The van der Waals surface area contributed by atoms with Crippen LogP contribution in [0.1, 0.15) is 15.9 Å². The number of rotatable bonds is 2. The van der Waals surface area contributed by atoms with Gasteiger partial charge < -0.3 is 5.11 Å². The van der Waals surface area contributed by atoms with Crippen molar-refractivity contribution in [3.05, 3.63) is 41.0 Å². The molecule has 1 aromatic carbocycles. The molecule has 0 saturated carbocycles. The Balaban J connectivity index is 2.54. The van der Waals surface area contributed by atoms with Crippen molar-refractivity contribution in [1.29, 1.82) is 0 Å². The highest BCUT2D eigenvalue weighted by Gasteiger charge is 2.37. The van der Waals surface area contributed by atoms with E-state index in [-0.39, 0.29) is 16.7 Å². The van der Waals surface area contributed by atoms with Crippen LogP contribution >= 0.6 is 0 Å². The van der Waals surface area contributed by atoms with E-state index in [0.717, 1.165) is 9.80 Å². The second-order valence-electron chi connectivity index (χ2n) is 4.46. The maximum atomic E-state index is 12.0. The average molecular weight is 288 g/mol. The second kappa shape index (κ2) is 5.20. The van der Waals surface area contributed by atoms with Crippen LogP contribution in [0.3, 0.4) is 0 Å². The number of hydrogen-bond donors (Lipinski definition) is 1. The topological polar surface area (TPSA) is 95.0 Å². The van der Waals surface area contributed by atoms with E-state index in [1.54, 1.807) is 6.07 Å². The number of carbonyl (C=O) groups is 4. The van der Waals surface area contributed by atoms with Crippen LogP contribution < -0.4 is 0 Å². The molecule has 1 fully saturated rings. The van der Waals surface area contributed by atoms with Gasteiger partial charge in [-0.25, -0.2) is 9.59 Å². The number of barbiturate groups is 1. The fourth-order valence-electron chi connectivity index (χ4n) is 1.95. The van der Waals surface area contributed by atoms with Crippen LogP contribution in [0.4, 0.5) is 4.79 Å². The van der Waals surface area contributed by atoms with Crippen molar-refractivity contribution in [3.8, 4) is 0 Å². The predicted molar refractivity (Wildman–Crippen MR) is 72.3 cm³/mol. The molecule has 1 N–H and O–H groups in total. The second-order valence-corrected chi connectivity index (χ2v) is 4.46. The third-order valence-electron chi connectivity index (χ3n) is 3.13. The number of aromatic carboxylic acids is 1. The first-order valence-electron chi connectivity index (χ1n) is 5.98. The minimum Gasteiger partial charge on any atom is -0.478 e. The zero-order valence-electron chi connectivity index (χ0n) is 11.4. The number of amides is 4. The van der Waals surface area contributed by atoms with Crippen molar-refractivity contribution < 1.29 is 24.3 Å². The van der Waals surface area contributed by atoms with Crippen LogP contribution in [0.25, 0.3) is 6.08 Å². The van der Waals surface area contributed by atoms with Crippen molar-refractivity contribution in [3.63, 3.8) is 0 Å². The molecule has 1 saturated heterocycles. The fraction of sp³-hybridized carbons (Fsp3) is 0.143. The molecule has 2 rings (SSSR count). The highest BCUT2D eigenvalue weighted by molar-refractivity contribution is 6.30. The number of imide groups is 2. The Labute approximate surface area is 120 Å². The predicted octanol–water partition coefficient (Wildman–Crippen LogP) is 0.819. The lowest BCUT2D eigenvalue weighted by atomic mass is 10.0. The number of carboxylic acids is 1. The van der Waals surface area contributed by atoms with Crippen molar-refractivity contribution in [2.75, 3.05) is 14.1 Å². The maximum Gasteiger partial charge on any atom is 0.336 e. The maximum absolute atomic E-state index is 12.0. The largest absolute Gasteiger partial charge is 0.478 e. The first-order chi connectivity index (χ1) is 9.84. The van der Waals surface area contributed by atoms with Crippen LogP contribution in [0.2, 0.25) is 0 Å². The van der Waals surface area contributed by atoms with E-state index in [4.69, 9.17) is 5.11 Å². The normalized spacial score (nSPS) is 15.5. The number of carboxylic acid groups (broad SMARTS) is 1. The Morgan fingerprint density at radius 1 is 1.05 bits per heavy atom. The molecule has 0 bridgehead atoms. The molecule has 108 valence electrons. The summed E-state index contributed by atoms with van der Waals surface area (Å²) in [5, 5.41) is 9.10.